The van der Waals surface area contributed by atoms with Gasteiger partial charge in [0, 0.05) is 44.7 Å². The first-order valence-electron chi connectivity index (χ1n) is 9.08. The second kappa shape index (κ2) is 9.25. The first kappa shape index (κ1) is 19.7. The van der Waals surface area contributed by atoms with Gasteiger partial charge in [-0.1, -0.05) is 11.9 Å². The molecule has 1 fully saturated rings. The van der Waals surface area contributed by atoms with Crippen molar-refractivity contribution in [3.05, 3.63) is 46.5 Å². The predicted octanol–water partition coefficient (Wildman–Crippen LogP) is 1.57. The minimum absolute atomic E-state index is 0.102. The number of rotatable bonds is 7. The summed E-state index contributed by atoms with van der Waals surface area (Å²) in [7, 11) is 1.62. The van der Waals surface area contributed by atoms with Gasteiger partial charge in [0.05, 0.1) is 12.8 Å². The number of anilines is 1. The third kappa shape index (κ3) is 4.63. The van der Waals surface area contributed by atoms with Gasteiger partial charge in [-0.2, -0.15) is 0 Å². The lowest BCUT2D eigenvalue weighted by Crippen LogP contribution is -2.46. The number of benzene rings is 1. The van der Waals surface area contributed by atoms with Crippen LogP contribution in [0.2, 0.25) is 0 Å². The van der Waals surface area contributed by atoms with Gasteiger partial charge in [0.15, 0.2) is 5.82 Å². The minimum atomic E-state index is -0.120. The van der Waals surface area contributed by atoms with E-state index in [4.69, 9.17) is 4.74 Å². The van der Waals surface area contributed by atoms with E-state index in [1.54, 1.807) is 29.8 Å². The molecule has 1 N–H and O–H groups in total. The number of hydrogen-bond acceptors (Lipinski definition) is 7. The summed E-state index contributed by atoms with van der Waals surface area (Å²) in [5.41, 5.74) is 1.46. The van der Waals surface area contributed by atoms with Crippen LogP contribution >= 0.6 is 11.9 Å². The molecular formula is C19H26N4O3S. The number of aliphatic hydroxyl groups is 1. The molecule has 0 spiro atoms. The molecule has 0 bridgehead atoms. The molecule has 2 aromatic rings. The molecule has 146 valence electrons. The summed E-state index contributed by atoms with van der Waals surface area (Å²) in [6.07, 6.45) is 5.10. The largest absolute Gasteiger partial charge is 0.497 e. The zero-order valence-electron chi connectivity index (χ0n) is 15.8. The van der Waals surface area contributed by atoms with Crippen LogP contribution in [0.1, 0.15) is 12.1 Å². The van der Waals surface area contributed by atoms with Crippen molar-refractivity contribution in [2.24, 2.45) is 0 Å². The van der Waals surface area contributed by atoms with Gasteiger partial charge in [-0.25, -0.2) is 9.29 Å². The molecule has 0 unspecified atom stereocenters. The smallest absolute Gasteiger partial charge is 0.298 e. The van der Waals surface area contributed by atoms with Crippen LogP contribution in [0.4, 0.5) is 5.82 Å². The van der Waals surface area contributed by atoms with Crippen molar-refractivity contribution in [1.29, 1.82) is 0 Å². The van der Waals surface area contributed by atoms with E-state index in [1.165, 1.54) is 0 Å². The summed E-state index contributed by atoms with van der Waals surface area (Å²) < 4.78 is 9.14. The number of hydrogen-bond donors (Lipinski definition) is 1. The van der Waals surface area contributed by atoms with Crippen LogP contribution in [0.25, 0.3) is 5.69 Å². The van der Waals surface area contributed by atoms with Crippen LogP contribution < -0.4 is 15.2 Å². The van der Waals surface area contributed by atoms with E-state index in [2.05, 4.69) is 20.4 Å². The predicted molar refractivity (Wildman–Crippen MR) is 109 cm³/mol. The highest BCUT2D eigenvalue weighted by Crippen LogP contribution is 2.18. The second-order valence-electron chi connectivity index (χ2n) is 6.35. The molecule has 8 heteroatoms. The maximum absolute atomic E-state index is 13.2. The Morgan fingerprint density at radius 1 is 1.19 bits per heavy atom. The van der Waals surface area contributed by atoms with Crippen molar-refractivity contribution in [3.8, 4) is 11.4 Å². The third-order valence-electron chi connectivity index (χ3n) is 4.68. The van der Waals surface area contributed by atoms with Crippen LogP contribution in [0.15, 0.2) is 35.3 Å². The molecule has 1 aliphatic rings. The van der Waals surface area contributed by atoms with E-state index in [1.807, 2.05) is 24.3 Å². The normalized spacial score (nSPS) is 15.1. The summed E-state index contributed by atoms with van der Waals surface area (Å²) in [4.78, 5) is 19.9. The highest BCUT2D eigenvalue weighted by Gasteiger charge is 2.21. The van der Waals surface area contributed by atoms with Crippen molar-refractivity contribution in [2.75, 3.05) is 51.1 Å². The quantitative estimate of drug-likeness (QED) is 0.720. The molecule has 0 aliphatic carbocycles. The highest BCUT2D eigenvalue weighted by molar-refractivity contribution is 7.96. The Hall–Kier alpha value is -2.03. The van der Waals surface area contributed by atoms with Crippen molar-refractivity contribution in [2.45, 2.75) is 12.8 Å². The number of nitrogens with zero attached hydrogens (tertiary/aromatic N) is 4. The van der Waals surface area contributed by atoms with Gasteiger partial charge in [-0.15, -0.1) is 0 Å². The Morgan fingerprint density at radius 3 is 2.48 bits per heavy atom. The van der Waals surface area contributed by atoms with Crippen molar-refractivity contribution in [1.82, 2.24) is 13.9 Å². The van der Waals surface area contributed by atoms with Crippen molar-refractivity contribution < 1.29 is 9.84 Å². The third-order valence-corrected chi connectivity index (χ3v) is 5.56. The monoisotopic (exact) mass is 390 g/mol. The van der Waals surface area contributed by atoms with Crippen LogP contribution in [-0.2, 0) is 6.42 Å². The topological polar surface area (TPSA) is 70.8 Å². The Kier molecular flexibility index (Phi) is 6.76. The molecule has 1 aromatic carbocycles. The molecule has 0 radical (unpaired) electrons. The Bertz CT molecular complexity index is 802. The number of aliphatic hydroxyl groups excluding tert-OH is 1. The molecule has 0 atom stereocenters. The first-order chi connectivity index (χ1) is 13.2. The van der Waals surface area contributed by atoms with Gasteiger partial charge in [-0.05, 0) is 43.4 Å². The van der Waals surface area contributed by atoms with E-state index < -0.39 is 0 Å². The Labute approximate surface area is 163 Å². The van der Waals surface area contributed by atoms with Crippen LogP contribution in [-0.4, -0.2) is 65.1 Å². The Morgan fingerprint density at radius 2 is 1.89 bits per heavy atom. The fourth-order valence-electron chi connectivity index (χ4n) is 3.13. The molecule has 1 saturated heterocycles. The van der Waals surface area contributed by atoms with E-state index in [-0.39, 0.29) is 12.2 Å². The molecule has 0 amide bonds. The number of ether oxygens (including phenoxy) is 1. The fourth-order valence-corrected chi connectivity index (χ4v) is 3.66. The summed E-state index contributed by atoms with van der Waals surface area (Å²) in [6.45, 7) is 3.44. The first-order valence-corrected chi connectivity index (χ1v) is 10.3. The van der Waals surface area contributed by atoms with Crippen molar-refractivity contribution >= 4 is 17.8 Å². The Balaban J connectivity index is 1.97. The van der Waals surface area contributed by atoms with Gasteiger partial charge in [0.1, 0.15) is 5.75 Å². The fraction of sp³-hybridized carbons (Fsp3) is 0.474. The summed E-state index contributed by atoms with van der Waals surface area (Å²) >= 11 is 1.73. The standard InChI is InChI=1S/C19H26N4O3S/c1-26-17-7-5-16(6-8-17)23-14-15(4-3-13-24)20-18(19(23)25)21-9-11-22(27-2)12-10-21/h5-8,14,24H,3-4,9-13H2,1-2H3. The van der Waals surface area contributed by atoms with Gasteiger partial charge >= 0.3 is 0 Å². The maximum Gasteiger partial charge on any atom is 0.298 e. The van der Waals surface area contributed by atoms with Crippen LogP contribution in [0, 0.1) is 0 Å². The van der Waals surface area contributed by atoms with E-state index in [0.717, 1.165) is 43.3 Å². The van der Waals surface area contributed by atoms with Crippen LogP contribution in [0.5, 0.6) is 5.75 Å². The highest BCUT2D eigenvalue weighted by atomic mass is 32.2. The molecular weight excluding hydrogens is 364 g/mol. The van der Waals surface area contributed by atoms with Gasteiger partial charge in [-0.3, -0.25) is 9.36 Å². The minimum Gasteiger partial charge on any atom is -0.497 e. The summed E-state index contributed by atoms with van der Waals surface area (Å²) in [5.74, 6) is 1.23. The zero-order valence-corrected chi connectivity index (χ0v) is 16.6. The lowest BCUT2D eigenvalue weighted by molar-refractivity contribution is 0.288. The number of methoxy groups -OCH3 is 1. The molecule has 2 heterocycles. The summed E-state index contributed by atoms with van der Waals surface area (Å²) in [5, 5.41) is 9.17. The lowest BCUT2D eigenvalue weighted by Gasteiger charge is -2.33. The number of aromatic nitrogens is 2. The van der Waals surface area contributed by atoms with Gasteiger partial charge in [0.2, 0.25) is 0 Å². The molecule has 0 saturated carbocycles. The second-order valence-corrected chi connectivity index (χ2v) is 7.24. The molecule has 1 aromatic heterocycles. The van der Waals surface area contributed by atoms with Crippen molar-refractivity contribution in [3.63, 3.8) is 0 Å². The van der Waals surface area contributed by atoms with Gasteiger partial charge < -0.3 is 14.7 Å². The maximum atomic E-state index is 13.2. The zero-order chi connectivity index (χ0) is 19.2. The molecule has 7 nitrogen and oxygen atoms in total. The molecule has 1 aliphatic heterocycles. The lowest BCUT2D eigenvalue weighted by atomic mass is 10.2. The van der Waals surface area contributed by atoms with E-state index in [9.17, 15) is 9.90 Å². The number of piperazine rings is 1. The SMILES string of the molecule is COc1ccc(-n2cc(CCCO)nc(N3CCN(SC)CC3)c2=O)cc1. The van der Waals surface area contributed by atoms with E-state index >= 15 is 0 Å². The average molecular weight is 391 g/mol. The van der Waals surface area contributed by atoms with Gasteiger partial charge in [0.25, 0.3) is 5.56 Å². The van der Waals surface area contributed by atoms with Crippen LogP contribution in [0.3, 0.4) is 0 Å². The average Bonchev–Trinajstić information content (AvgIpc) is 2.73. The number of aryl methyl sites for hydroxylation is 1. The van der Waals surface area contributed by atoms with E-state index in [0.29, 0.717) is 18.7 Å². The summed E-state index contributed by atoms with van der Waals surface area (Å²) in [6, 6.07) is 7.41. The molecule has 27 heavy (non-hydrogen) atoms. The molecule has 3 rings (SSSR count).